The molecule has 0 spiro atoms. The van der Waals surface area contributed by atoms with Crippen molar-refractivity contribution in [2.75, 3.05) is 31.9 Å². The molecule has 15 nitrogen and oxygen atoms in total. The third-order valence-electron chi connectivity index (χ3n) is 12.8. The van der Waals surface area contributed by atoms with E-state index in [9.17, 15) is 44.1 Å². The lowest BCUT2D eigenvalue weighted by Gasteiger charge is -2.23. The van der Waals surface area contributed by atoms with Gasteiger partial charge in [0.2, 0.25) is 0 Å². The van der Waals surface area contributed by atoms with Gasteiger partial charge in [-0.25, -0.2) is 0 Å². The summed E-state index contributed by atoms with van der Waals surface area (Å²) in [6.45, 7) is 0.214. The van der Waals surface area contributed by atoms with Crippen molar-refractivity contribution in [2.45, 2.75) is 75.3 Å². The third kappa shape index (κ3) is 6.90. The summed E-state index contributed by atoms with van der Waals surface area (Å²) in [6.07, 6.45) is -1.20. The molecule has 0 saturated heterocycles. The molecule has 0 fully saturated rings. The van der Waals surface area contributed by atoms with Gasteiger partial charge in [0, 0.05) is 38.9 Å². The van der Waals surface area contributed by atoms with E-state index in [0.717, 1.165) is 33.4 Å². The fourth-order valence-electron chi connectivity index (χ4n) is 9.52. The number of fused-ring (bicyclic) bond motifs is 3. The molecule has 0 aliphatic heterocycles. The van der Waals surface area contributed by atoms with Crippen LogP contribution in [0.5, 0.6) is 0 Å². The van der Waals surface area contributed by atoms with E-state index in [1.165, 1.54) is 0 Å². The summed E-state index contributed by atoms with van der Waals surface area (Å²) in [5.74, 6) is 0. The Hall–Kier alpha value is -7.20. The fourth-order valence-corrected chi connectivity index (χ4v) is 9.52. The number of anilines is 6. The highest BCUT2D eigenvalue weighted by atomic mass is 16.3. The van der Waals surface area contributed by atoms with E-state index >= 15 is 0 Å². The second kappa shape index (κ2) is 15.6. The predicted molar refractivity (Wildman–Crippen MR) is 240 cm³/mol. The molecule has 15 heteroatoms. The quantitative estimate of drug-likeness (QED) is 0.0675. The molecule has 7 aromatic rings. The van der Waals surface area contributed by atoms with Crippen molar-refractivity contribution in [3.63, 3.8) is 0 Å². The van der Waals surface area contributed by atoms with Gasteiger partial charge in [0.1, 0.15) is 34.1 Å². The molecule has 9 N–H and O–H groups in total. The van der Waals surface area contributed by atoms with Gasteiger partial charge in [0.05, 0.1) is 36.4 Å². The van der Waals surface area contributed by atoms with Gasteiger partial charge in [-0.3, -0.25) is 28.8 Å². The minimum Gasteiger partial charge on any atom is -0.390 e. The molecule has 6 atom stereocenters. The van der Waals surface area contributed by atoms with Gasteiger partial charge < -0.3 is 47.2 Å². The van der Waals surface area contributed by atoms with Crippen molar-refractivity contribution in [3.05, 3.63) is 202 Å². The van der Waals surface area contributed by atoms with Crippen LogP contribution in [-0.4, -0.2) is 33.6 Å². The minimum atomic E-state index is -0.802. The summed E-state index contributed by atoms with van der Waals surface area (Å²) in [4.78, 5) is 77.2. The lowest BCUT2D eigenvalue weighted by atomic mass is 10.0. The zero-order valence-electron chi connectivity index (χ0n) is 33.7. The Morgan fingerprint density at radius 2 is 0.635 bits per heavy atom. The molecule has 0 saturated carbocycles. The number of nitrogens with one attached hydrogen (secondary N) is 6. The number of rotatable bonds is 15. The molecule has 3 aliphatic carbocycles. The molecule has 63 heavy (non-hydrogen) atoms. The topological polar surface area (TPSA) is 235 Å². The van der Waals surface area contributed by atoms with E-state index in [1.807, 2.05) is 91.0 Å². The molecular weight excluding hydrogens is 805 g/mol. The highest BCUT2D eigenvalue weighted by Gasteiger charge is 2.36. The Bertz CT molecular complexity index is 2830. The number of hydrogen-bond acceptors (Lipinski definition) is 15. The largest absolute Gasteiger partial charge is 0.390 e. The number of hydrogen-bond donors (Lipinski definition) is 9. The summed E-state index contributed by atoms with van der Waals surface area (Å²) in [6, 6.07) is 26.2. The van der Waals surface area contributed by atoms with Gasteiger partial charge in [0.15, 0.2) is 0 Å². The average molecular weight is 847 g/mol. The Kier molecular flexibility index (Phi) is 9.89. The second-order valence-corrected chi connectivity index (χ2v) is 16.7. The van der Waals surface area contributed by atoms with Gasteiger partial charge in [-0.05, 0) is 50.1 Å². The van der Waals surface area contributed by atoms with E-state index in [0.29, 0.717) is 36.0 Å². The highest BCUT2D eigenvalue weighted by Crippen LogP contribution is 2.38. The van der Waals surface area contributed by atoms with Gasteiger partial charge in [0.25, 0.3) is 32.6 Å². The van der Waals surface area contributed by atoms with Crippen molar-refractivity contribution in [1.82, 2.24) is 0 Å². The van der Waals surface area contributed by atoms with Gasteiger partial charge in [-0.15, -0.1) is 0 Å². The maximum atomic E-state index is 12.9. The van der Waals surface area contributed by atoms with Crippen molar-refractivity contribution in [1.29, 1.82) is 0 Å². The molecule has 0 radical (unpaired) electrons. The van der Waals surface area contributed by atoms with E-state index in [1.54, 1.807) is 0 Å². The molecule has 0 amide bonds. The molecule has 10 rings (SSSR count). The first-order chi connectivity index (χ1) is 30.4. The summed E-state index contributed by atoms with van der Waals surface area (Å²) in [5, 5.41) is 51.0. The summed E-state index contributed by atoms with van der Waals surface area (Å²) >= 11 is 0. The van der Waals surface area contributed by atoms with Crippen LogP contribution in [0.4, 0.5) is 34.1 Å². The Labute approximate surface area is 358 Å². The van der Waals surface area contributed by atoms with Gasteiger partial charge in [-0.1, -0.05) is 91.0 Å². The first-order valence-corrected chi connectivity index (χ1v) is 20.9. The van der Waals surface area contributed by atoms with Crippen LogP contribution in [0.2, 0.25) is 0 Å². The van der Waals surface area contributed by atoms with Gasteiger partial charge in [-0.2, -0.15) is 0 Å². The number of benzene rings is 4. The third-order valence-corrected chi connectivity index (χ3v) is 12.8. The van der Waals surface area contributed by atoms with Gasteiger partial charge >= 0.3 is 0 Å². The molecule has 0 bridgehead atoms. The first-order valence-electron chi connectivity index (χ1n) is 20.9. The van der Waals surface area contributed by atoms with Crippen LogP contribution in [0.1, 0.15) is 68.2 Å². The van der Waals surface area contributed by atoms with Crippen LogP contribution in [0.25, 0.3) is 0 Å². The van der Waals surface area contributed by atoms with Crippen molar-refractivity contribution in [2.24, 2.45) is 0 Å². The maximum Gasteiger partial charge on any atom is 0.253 e. The maximum absolute atomic E-state index is 12.9. The monoisotopic (exact) mass is 846 g/mol. The summed E-state index contributed by atoms with van der Waals surface area (Å²) in [7, 11) is 0. The van der Waals surface area contributed by atoms with E-state index in [4.69, 9.17) is 0 Å². The number of aliphatic hydroxyl groups is 3. The molecule has 0 heterocycles. The van der Waals surface area contributed by atoms with E-state index in [-0.39, 0.29) is 53.8 Å². The molecule has 7 aromatic carbocycles. The van der Waals surface area contributed by atoms with Crippen LogP contribution in [-0.2, 0) is 38.9 Å². The zero-order chi connectivity index (χ0) is 43.7. The fraction of sp³-hybridized carbons (Fsp3) is 0.250. The Morgan fingerprint density at radius 3 is 0.921 bits per heavy atom. The molecule has 0 unspecified atom stereocenters. The predicted octanol–water partition coefficient (Wildman–Crippen LogP) is 2.52. The molecule has 318 valence electrons. The Morgan fingerprint density at radius 1 is 0.381 bits per heavy atom. The lowest BCUT2D eigenvalue weighted by molar-refractivity contribution is 0.165. The van der Waals surface area contributed by atoms with Crippen LogP contribution < -0.4 is 64.5 Å². The Balaban J connectivity index is 0.899. The zero-order valence-corrected chi connectivity index (χ0v) is 33.7. The second-order valence-electron chi connectivity index (χ2n) is 16.7. The standard InChI is InChI=1S/C48H42N6O9/c55-31-16-25-7-1-4-10-28(25)34(31)52-40-37(43(58)46(40)61)49-19-22-13-23(20-50-38-41(47(62)44(38)59)53-35-29-11-5-2-8-26(29)17-32(35)56)15-24(14-22)21-51-39-42(48(63)45(39)60)54-36-30-12-6-3-9-27(30)18-33(36)57/h1-15,31-36,49-57H,16-21H2/t31-,32-,33-,34+,35+,36+/m0/s1. The normalized spacial score (nSPS) is 21.0. The highest BCUT2D eigenvalue weighted by molar-refractivity contribution is 5.77. The van der Waals surface area contributed by atoms with Crippen LogP contribution in [0.3, 0.4) is 0 Å². The minimum absolute atomic E-state index is 0.0714. The van der Waals surface area contributed by atoms with Crippen LogP contribution in [0, 0.1) is 0 Å². The number of aliphatic hydroxyl groups excluding tert-OH is 3. The molecule has 3 aliphatic rings. The lowest BCUT2D eigenvalue weighted by Crippen LogP contribution is -2.39. The van der Waals surface area contributed by atoms with Crippen LogP contribution in [0.15, 0.2) is 120 Å². The van der Waals surface area contributed by atoms with Crippen molar-refractivity contribution in [3.8, 4) is 0 Å². The van der Waals surface area contributed by atoms with Crippen LogP contribution >= 0.6 is 0 Å². The molecular formula is C48H42N6O9. The average Bonchev–Trinajstić information content (AvgIpc) is 3.91. The SMILES string of the molecule is O=c1c(NCc2cc(CNc3c(N[C@@H]4c5ccccc5C[C@@H]4O)c(=O)c3=O)cc(CNc3c(N[C@@H]4c5ccccc5C[C@@H]4O)c(=O)c3=O)c2)c(N[C@@H]2c3ccccc3C[C@@H]2O)c1=O. The smallest absolute Gasteiger partial charge is 0.253 e. The molecule has 0 aromatic heterocycles. The van der Waals surface area contributed by atoms with E-state index < -0.39 is 69.0 Å². The van der Waals surface area contributed by atoms with Crippen molar-refractivity contribution >= 4 is 34.1 Å². The summed E-state index contributed by atoms with van der Waals surface area (Å²) in [5.41, 5.74) is 3.56. The summed E-state index contributed by atoms with van der Waals surface area (Å²) < 4.78 is 0. The van der Waals surface area contributed by atoms with E-state index in [2.05, 4.69) is 31.9 Å². The first kappa shape index (κ1) is 39.9. The van der Waals surface area contributed by atoms with Crippen molar-refractivity contribution < 1.29 is 15.3 Å².